The van der Waals surface area contributed by atoms with E-state index in [9.17, 15) is 14.0 Å². The Kier molecular flexibility index (Phi) is 7.79. The lowest BCUT2D eigenvalue weighted by molar-refractivity contribution is 0.0937. The molecule has 7 nitrogen and oxygen atoms in total. The maximum absolute atomic E-state index is 14.2. The molecule has 35 heavy (non-hydrogen) atoms. The number of thioether (sulfide) groups is 1. The van der Waals surface area contributed by atoms with Crippen molar-refractivity contribution >= 4 is 28.6 Å². The van der Waals surface area contributed by atoms with E-state index in [0.29, 0.717) is 51.8 Å². The van der Waals surface area contributed by atoms with Crippen molar-refractivity contribution in [3.05, 3.63) is 94.0 Å². The summed E-state index contributed by atoms with van der Waals surface area (Å²) in [6.07, 6.45) is 0. The first-order valence-electron chi connectivity index (χ1n) is 10.9. The maximum Gasteiger partial charge on any atom is 0.266 e. The molecule has 0 saturated carbocycles. The molecule has 0 atom stereocenters. The van der Waals surface area contributed by atoms with Crippen molar-refractivity contribution in [3.63, 3.8) is 0 Å². The van der Waals surface area contributed by atoms with Gasteiger partial charge in [-0.25, -0.2) is 9.37 Å². The van der Waals surface area contributed by atoms with Crippen LogP contribution < -0.4 is 15.6 Å². The van der Waals surface area contributed by atoms with Gasteiger partial charge in [-0.3, -0.25) is 14.2 Å². The third-order valence-corrected chi connectivity index (χ3v) is 6.33. The second-order valence-electron chi connectivity index (χ2n) is 7.59. The van der Waals surface area contributed by atoms with E-state index in [1.54, 1.807) is 74.9 Å². The summed E-state index contributed by atoms with van der Waals surface area (Å²) in [6.45, 7) is 0.755. The number of carbonyl (C=O) groups is 1. The smallest absolute Gasteiger partial charge is 0.266 e. The predicted molar refractivity (Wildman–Crippen MR) is 134 cm³/mol. The van der Waals surface area contributed by atoms with Crippen LogP contribution in [0.5, 0.6) is 5.75 Å². The number of amides is 1. The minimum absolute atomic E-state index is 0.276. The van der Waals surface area contributed by atoms with E-state index in [1.165, 1.54) is 22.4 Å². The molecule has 1 aromatic heterocycles. The summed E-state index contributed by atoms with van der Waals surface area (Å²) in [4.78, 5) is 30.8. The van der Waals surface area contributed by atoms with E-state index >= 15 is 0 Å². The van der Waals surface area contributed by atoms with Crippen molar-refractivity contribution in [3.8, 4) is 11.4 Å². The second-order valence-corrected chi connectivity index (χ2v) is 8.54. The zero-order valence-corrected chi connectivity index (χ0v) is 20.1. The molecule has 1 heterocycles. The van der Waals surface area contributed by atoms with Crippen molar-refractivity contribution in [2.75, 3.05) is 27.4 Å². The quantitative estimate of drug-likeness (QED) is 0.214. The number of benzene rings is 3. The highest BCUT2D eigenvalue weighted by Crippen LogP contribution is 2.26. The van der Waals surface area contributed by atoms with Crippen LogP contribution in [-0.2, 0) is 10.5 Å². The van der Waals surface area contributed by atoms with Crippen molar-refractivity contribution in [2.24, 2.45) is 0 Å². The number of hydrogen-bond acceptors (Lipinski definition) is 6. The first kappa shape index (κ1) is 24.4. The van der Waals surface area contributed by atoms with Gasteiger partial charge in [-0.15, -0.1) is 0 Å². The largest absolute Gasteiger partial charge is 0.497 e. The van der Waals surface area contributed by atoms with Gasteiger partial charge in [-0.2, -0.15) is 0 Å². The van der Waals surface area contributed by atoms with E-state index in [1.807, 2.05) is 0 Å². The summed E-state index contributed by atoms with van der Waals surface area (Å²) < 4.78 is 25.9. The van der Waals surface area contributed by atoms with Gasteiger partial charge in [0.2, 0.25) is 0 Å². The van der Waals surface area contributed by atoms with Gasteiger partial charge in [0.25, 0.3) is 11.5 Å². The first-order valence-corrected chi connectivity index (χ1v) is 11.8. The Labute approximate surface area is 205 Å². The fraction of sp³-hybridized carbons (Fsp3) is 0.192. The highest BCUT2D eigenvalue weighted by atomic mass is 32.2. The standard InChI is InChI=1S/C26H24FN3O4S/c1-33-14-13-28-24(31)17-7-12-21-23(15-17)29-26(35-16-18-5-3-4-6-22(18)27)30(25(21)32)19-8-10-20(34-2)11-9-19/h3-12,15H,13-14,16H2,1-2H3,(H,28,31). The van der Waals surface area contributed by atoms with Gasteiger partial charge in [0.05, 0.1) is 30.3 Å². The summed E-state index contributed by atoms with van der Waals surface area (Å²) in [6, 6.07) is 18.3. The number of fused-ring (bicyclic) bond motifs is 1. The number of ether oxygens (including phenoxy) is 2. The minimum Gasteiger partial charge on any atom is -0.497 e. The lowest BCUT2D eigenvalue weighted by atomic mass is 10.1. The number of aromatic nitrogens is 2. The zero-order valence-electron chi connectivity index (χ0n) is 19.3. The molecule has 180 valence electrons. The number of methoxy groups -OCH3 is 2. The third-order valence-electron chi connectivity index (χ3n) is 5.34. The number of halogens is 1. The Morgan fingerprint density at radius 1 is 1.09 bits per heavy atom. The van der Waals surface area contributed by atoms with Crippen LogP contribution in [0.15, 0.2) is 76.7 Å². The Balaban J connectivity index is 1.78. The SMILES string of the molecule is COCCNC(=O)c1ccc2c(=O)n(-c3ccc(OC)cc3)c(SCc3ccccc3F)nc2c1. The van der Waals surface area contributed by atoms with Crippen LogP contribution in [0.1, 0.15) is 15.9 Å². The number of rotatable bonds is 9. The van der Waals surface area contributed by atoms with Gasteiger partial charge in [0, 0.05) is 25.0 Å². The predicted octanol–water partition coefficient (Wildman–Crippen LogP) is 4.20. The highest BCUT2D eigenvalue weighted by molar-refractivity contribution is 7.98. The van der Waals surface area contributed by atoms with Crippen LogP contribution in [0.25, 0.3) is 16.6 Å². The normalized spacial score (nSPS) is 10.9. The second kappa shape index (κ2) is 11.2. The van der Waals surface area contributed by atoms with Gasteiger partial charge >= 0.3 is 0 Å². The van der Waals surface area contributed by atoms with Crippen molar-refractivity contribution in [1.82, 2.24) is 14.9 Å². The molecule has 9 heteroatoms. The molecule has 0 bridgehead atoms. The molecule has 0 fully saturated rings. The zero-order chi connectivity index (χ0) is 24.8. The lowest BCUT2D eigenvalue weighted by Crippen LogP contribution is -2.27. The first-order chi connectivity index (χ1) is 17.0. The fourth-order valence-corrected chi connectivity index (χ4v) is 4.49. The van der Waals surface area contributed by atoms with Crippen molar-refractivity contribution in [2.45, 2.75) is 10.9 Å². The van der Waals surface area contributed by atoms with Crippen LogP contribution in [0.2, 0.25) is 0 Å². The number of nitrogens with zero attached hydrogens (tertiary/aromatic N) is 2. The molecule has 3 aromatic carbocycles. The highest BCUT2D eigenvalue weighted by Gasteiger charge is 2.16. The van der Waals surface area contributed by atoms with Crippen molar-refractivity contribution < 1.29 is 18.7 Å². The molecule has 0 aliphatic carbocycles. The average molecular weight is 494 g/mol. The molecule has 0 radical (unpaired) electrons. The van der Waals surface area contributed by atoms with Crippen LogP contribution >= 0.6 is 11.8 Å². The molecule has 0 aliphatic heterocycles. The van der Waals surface area contributed by atoms with Crippen LogP contribution in [-0.4, -0.2) is 42.8 Å². The number of nitrogens with one attached hydrogen (secondary N) is 1. The average Bonchev–Trinajstić information content (AvgIpc) is 2.88. The van der Waals surface area contributed by atoms with Crippen LogP contribution in [0.3, 0.4) is 0 Å². The van der Waals surface area contributed by atoms with Gasteiger partial charge in [0.1, 0.15) is 11.6 Å². The molecule has 1 amide bonds. The van der Waals surface area contributed by atoms with Crippen LogP contribution in [0, 0.1) is 5.82 Å². The van der Waals surface area contributed by atoms with Gasteiger partial charge in [-0.1, -0.05) is 30.0 Å². The van der Waals surface area contributed by atoms with E-state index < -0.39 is 0 Å². The van der Waals surface area contributed by atoms with Gasteiger partial charge in [0.15, 0.2) is 5.16 Å². The molecule has 4 rings (SSSR count). The van der Waals surface area contributed by atoms with E-state index in [0.717, 1.165) is 0 Å². The summed E-state index contributed by atoms with van der Waals surface area (Å²) in [7, 11) is 3.12. The van der Waals surface area contributed by atoms with Gasteiger partial charge in [-0.05, 0) is 54.1 Å². The topological polar surface area (TPSA) is 82.5 Å². The molecular weight excluding hydrogens is 469 g/mol. The summed E-state index contributed by atoms with van der Waals surface area (Å²) in [5.41, 5.74) is 1.58. The monoisotopic (exact) mass is 493 g/mol. The molecule has 0 unspecified atom stereocenters. The lowest BCUT2D eigenvalue weighted by Gasteiger charge is -2.14. The van der Waals surface area contributed by atoms with Crippen molar-refractivity contribution in [1.29, 1.82) is 0 Å². The molecule has 0 aliphatic rings. The van der Waals surface area contributed by atoms with Gasteiger partial charge < -0.3 is 14.8 Å². The molecular formula is C26H24FN3O4S. The number of hydrogen-bond donors (Lipinski definition) is 1. The Morgan fingerprint density at radius 3 is 2.57 bits per heavy atom. The van der Waals surface area contributed by atoms with E-state index in [2.05, 4.69) is 5.32 Å². The maximum atomic E-state index is 14.2. The Morgan fingerprint density at radius 2 is 1.86 bits per heavy atom. The third kappa shape index (κ3) is 5.52. The molecule has 0 spiro atoms. The molecule has 4 aromatic rings. The summed E-state index contributed by atoms with van der Waals surface area (Å²) in [5, 5.41) is 3.51. The summed E-state index contributed by atoms with van der Waals surface area (Å²) in [5.74, 6) is 0.317. The fourth-order valence-electron chi connectivity index (χ4n) is 3.49. The molecule has 1 N–H and O–H groups in total. The summed E-state index contributed by atoms with van der Waals surface area (Å²) >= 11 is 1.24. The molecule has 0 saturated heterocycles. The van der Waals surface area contributed by atoms with Crippen LogP contribution in [0.4, 0.5) is 4.39 Å². The number of carbonyl (C=O) groups excluding carboxylic acids is 1. The van der Waals surface area contributed by atoms with E-state index in [-0.39, 0.29) is 23.0 Å². The Bertz CT molecular complexity index is 1410. The Hall–Kier alpha value is -3.69. The van der Waals surface area contributed by atoms with E-state index in [4.69, 9.17) is 14.5 Å². The minimum atomic E-state index is -0.325.